The third-order valence-electron chi connectivity index (χ3n) is 2.42. The van der Waals surface area contributed by atoms with Crippen molar-refractivity contribution in [2.45, 2.75) is 25.0 Å². The van der Waals surface area contributed by atoms with E-state index in [1.165, 1.54) is 0 Å². The molecular weight excluding hydrogens is 188 g/mol. The van der Waals surface area contributed by atoms with Crippen molar-refractivity contribution in [1.29, 1.82) is 0 Å². The van der Waals surface area contributed by atoms with Crippen LogP contribution in [0.5, 0.6) is 0 Å². The molecule has 0 radical (unpaired) electrons. The minimum Gasteiger partial charge on any atom is -0.318 e. The van der Waals surface area contributed by atoms with Crippen molar-refractivity contribution >= 4 is 10.0 Å². The fraction of sp³-hybridized carbons (Fsp3) is 1.00. The fourth-order valence-corrected chi connectivity index (χ4v) is 3.24. The summed E-state index contributed by atoms with van der Waals surface area (Å²) in [6.07, 6.45) is 2.01. The Kier molecular flexibility index (Phi) is 3.70. The average Bonchev–Trinajstić information content (AvgIpc) is 2.56. The maximum Gasteiger partial charge on any atom is 0.217 e. The minimum absolute atomic E-state index is 0.310. The van der Waals surface area contributed by atoms with Gasteiger partial charge in [-0.15, -0.1) is 0 Å². The summed E-state index contributed by atoms with van der Waals surface area (Å²) in [4.78, 5) is 0. The minimum atomic E-state index is -3.03. The van der Waals surface area contributed by atoms with Crippen LogP contribution in [-0.4, -0.2) is 44.7 Å². The zero-order valence-corrected chi connectivity index (χ0v) is 9.10. The molecule has 0 amide bonds. The molecule has 0 aromatic rings. The van der Waals surface area contributed by atoms with Crippen molar-refractivity contribution in [2.24, 2.45) is 0 Å². The van der Waals surface area contributed by atoms with Gasteiger partial charge < -0.3 is 5.32 Å². The molecule has 0 bridgehead atoms. The van der Waals surface area contributed by atoms with Crippen LogP contribution in [0.3, 0.4) is 0 Å². The zero-order valence-electron chi connectivity index (χ0n) is 8.28. The predicted octanol–water partition coefficient (Wildman–Crippen LogP) is 0.0199. The molecule has 1 aliphatic heterocycles. The molecule has 0 aliphatic carbocycles. The topological polar surface area (TPSA) is 49.4 Å². The van der Waals surface area contributed by atoms with Crippen LogP contribution >= 0.6 is 0 Å². The van der Waals surface area contributed by atoms with Gasteiger partial charge in [0.2, 0.25) is 10.0 Å². The Balaban J connectivity index is 2.63. The van der Waals surface area contributed by atoms with Gasteiger partial charge in [0.15, 0.2) is 0 Å². The van der Waals surface area contributed by atoms with Crippen molar-refractivity contribution in [3.05, 3.63) is 0 Å². The summed E-state index contributed by atoms with van der Waals surface area (Å²) in [5.74, 6) is 0. The lowest BCUT2D eigenvalue weighted by atomic mass is 10.4. The van der Waals surface area contributed by atoms with Gasteiger partial charge in [-0.05, 0) is 26.8 Å². The van der Waals surface area contributed by atoms with E-state index in [4.69, 9.17) is 0 Å². The summed E-state index contributed by atoms with van der Waals surface area (Å²) in [6.45, 7) is 3.69. The van der Waals surface area contributed by atoms with Gasteiger partial charge in [-0.25, -0.2) is 12.7 Å². The van der Waals surface area contributed by atoms with E-state index >= 15 is 0 Å². The number of nitrogens with zero attached hydrogens (tertiary/aromatic N) is 1. The van der Waals surface area contributed by atoms with Gasteiger partial charge in [0, 0.05) is 19.6 Å². The molecule has 5 heteroatoms. The van der Waals surface area contributed by atoms with Gasteiger partial charge in [-0.1, -0.05) is 0 Å². The Morgan fingerprint density at radius 3 is 2.38 bits per heavy atom. The van der Waals surface area contributed by atoms with Gasteiger partial charge >= 0.3 is 0 Å². The lowest BCUT2D eigenvalue weighted by Crippen LogP contribution is -2.39. The molecular formula is C8H18N2O2S. The van der Waals surface area contributed by atoms with Crippen LogP contribution in [0.2, 0.25) is 0 Å². The summed E-state index contributed by atoms with van der Waals surface area (Å²) >= 11 is 0. The van der Waals surface area contributed by atoms with Gasteiger partial charge in [0.05, 0.1) is 5.25 Å². The maximum atomic E-state index is 11.8. The SMILES string of the molecule is CNCC(C)S(=O)(=O)N1CCCC1. The number of hydrogen-bond donors (Lipinski definition) is 1. The standard InChI is InChI=1S/C8H18N2O2S/c1-8(7-9-2)13(11,12)10-5-3-4-6-10/h8-9H,3-7H2,1-2H3. The second-order valence-electron chi connectivity index (χ2n) is 3.52. The Morgan fingerprint density at radius 1 is 1.38 bits per heavy atom. The van der Waals surface area contributed by atoms with E-state index in [2.05, 4.69) is 5.32 Å². The zero-order chi connectivity index (χ0) is 9.90. The Morgan fingerprint density at radius 2 is 1.92 bits per heavy atom. The molecule has 78 valence electrons. The van der Waals surface area contributed by atoms with Crippen LogP contribution in [0.15, 0.2) is 0 Å². The van der Waals surface area contributed by atoms with E-state index in [1.807, 2.05) is 0 Å². The lowest BCUT2D eigenvalue weighted by Gasteiger charge is -2.20. The third kappa shape index (κ3) is 2.42. The highest BCUT2D eigenvalue weighted by atomic mass is 32.2. The van der Waals surface area contributed by atoms with Crippen molar-refractivity contribution in [3.63, 3.8) is 0 Å². The summed E-state index contributed by atoms with van der Waals surface area (Å²) in [5, 5.41) is 2.58. The first-order chi connectivity index (χ1) is 6.09. The second-order valence-corrected chi connectivity index (χ2v) is 5.87. The van der Waals surface area contributed by atoms with Crippen molar-refractivity contribution in [2.75, 3.05) is 26.7 Å². The molecule has 1 unspecified atom stereocenters. The highest BCUT2D eigenvalue weighted by Crippen LogP contribution is 2.16. The Hall–Kier alpha value is -0.130. The summed E-state index contributed by atoms with van der Waals surface area (Å²) in [5.41, 5.74) is 0. The predicted molar refractivity (Wildman–Crippen MR) is 53.1 cm³/mol. The molecule has 0 aromatic carbocycles. The second kappa shape index (κ2) is 4.39. The molecule has 1 N–H and O–H groups in total. The number of sulfonamides is 1. The first kappa shape index (κ1) is 10.9. The lowest BCUT2D eigenvalue weighted by molar-refractivity contribution is 0.465. The van der Waals surface area contributed by atoms with Crippen LogP contribution in [0.1, 0.15) is 19.8 Å². The van der Waals surface area contributed by atoms with Crippen molar-refractivity contribution in [3.8, 4) is 0 Å². The molecule has 0 spiro atoms. The normalized spacial score (nSPS) is 22.0. The first-order valence-corrected chi connectivity index (χ1v) is 6.23. The van der Waals surface area contributed by atoms with E-state index in [-0.39, 0.29) is 5.25 Å². The van der Waals surface area contributed by atoms with E-state index in [1.54, 1.807) is 18.3 Å². The van der Waals surface area contributed by atoms with E-state index in [0.29, 0.717) is 19.6 Å². The molecule has 1 atom stereocenters. The smallest absolute Gasteiger partial charge is 0.217 e. The summed E-state index contributed by atoms with van der Waals surface area (Å²) in [7, 11) is -1.26. The van der Waals surface area contributed by atoms with Crippen LogP contribution in [0.25, 0.3) is 0 Å². The molecule has 1 aliphatic rings. The fourth-order valence-electron chi connectivity index (χ4n) is 1.59. The molecule has 1 heterocycles. The number of nitrogens with one attached hydrogen (secondary N) is 1. The summed E-state index contributed by atoms with van der Waals surface area (Å²) in [6, 6.07) is 0. The highest BCUT2D eigenvalue weighted by Gasteiger charge is 2.29. The van der Waals surface area contributed by atoms with Crippen LogP contribution < -0.4 is 5.32 Å². The van der Waals surface area contributed by atoms with E-state index < -0.39 is 10.0 Å². The van der Waals surface area contributed by atoms with Crippen LogP contribution in [-0.2, 0) is 10.0 Å². The Labute approximate surface area is 80.4 Å². The van der Waals surface area contributed by atoms with Crippen molar-refractivity contribution < 1.29 is 8.42 Å². The maximum absolute atomic E-state index is 11.8. The van der Waals surface area contributed by atoms with Crippen LogP contribution in [0, 0.1) is 0 Å². The molecule has 0 aromatic heterocycles. The highest BCUT2D eigenvalue weighted by molar-refractivity contribution is 7.89. The van der Waals surface area contributed by atoms with Gasteiger partial charge in [-0.3, -0.25) is 0 Å². The van der Waals surface area contributed by atoms with E-state index in [9.17, 15) is 8.42 Å². The van der Waals surface area contributed by atoms with Gasteiger partial charge in [0.25, 0.3) is 0 Å². The monoisotopic (exact) mass is 206 g/mol. The quantitative estimate of drug-likeness (QED) is 0.705. The molecule has 0 saturated carbocycles. The van der Waals surface area contributed by atoms with Crippen LogP contribution in [0.4, 0.5) is 0 Å². The summed E-state index contributed by atoms with van der Waals surface area (Å²) < 4.78 is 25.2. The molecule has 1 rings (SSSR count). The first-order valence-electron chi connectivity index (χ1n) is 4.72. The third-order valence-corrected chi connectivity index (χ3v) is 4.69. The van der Waals surface area contributed by atoms with E-state index in [0.717, 1.165) is 12.8 Å². The Bertz CT molecular complexity index is 245. The number of rotatable bonds is 4. The molecule has 4 nitrogen and oxygen atoms in total. The largest absolute Gasteiger partial charge is 0.318 e. The number of hydrogen-bond acceptors (Lipinski definition) is 3. The molecule has 13 heavy (non-hydrogen) atoms. The average molecular weight is 206 g/mol. The van der Waals surface area contributed by atoms with Crippen molar-refractivity contribution in [1.82, 2.24) is 9.62 Å². The molecule has 1 fully saturated rings. The van der Waals surface area contributed by atoms with Gasteiger partial charge in [0.1, 0.15) is 0 Å². The van der Waals surface area contributed by atoms with Gasteiger partial charge in [-0.2, -0.15) is 0 Å². The molecule has 1 saturated heterocycles.